The summed E-state index contributed by atoms with van der Waals surface area (Å²) in [5, 5.41) is 0. The van der Waals surface area contributed by atoms with Crippen LogP contribution in [0, 0.1) is 5.92 Å². The minimum absolute atomic E-state index is 0.300. The van der Waals surface area contributed by atoms with Crippen LogP contribution in [0.25, 0.3) is 0 Å². The van der Waals surface area contributed by atoms with Gasteiger partial charge in [0.05, 0.1) is 0 Å². The van der Waals surface area contributed by atoms with Gasteiger partial charge in [0, 0.05) is 14.1 Å². The summed E-state index contributed by atoms with van der Waals surface area (Å²) < 4.78 is 0. The fourth-order valence-electron chi connectivity index (χ4n) is 1.96. The molecule has 2 atom stereocenters. The monoisotopic (exact) mass is 249 g/mol. The van der Waals surface area contributed by atoms with E-state index in [1.807, 2.05) is 0 Å². The summed E-state index contributed by atoms with van der Waals surface area (Å²) in [6, 6.07) is 12.3. The molecule has 0 aromatic heterocycles. The van der Waals surface area contributed by atoms with Gasteiger partial charge in [-0.15, -0.1) is 0 Å². The first-order chi connectivity index (χ1) is 7.88. The van der Waals surface area contributed by atoms with Crippen LogP contribution >= 0.6 is 0 Å². The first kappa shape index (κ1) is 14.5. The van der Waals surface area contributed by atoms with Gasteiger partial charge < -0.3 is 5.73 Å². The molecule has 2 N–H and O–H groups in total. The third-order valence-electron chi connectivity index (χ3n) is 3.39. The maximum absolute atomic E-state index is 6.29. The van der Waals surface area contributed by atoms with Gasteiger partial charge in [0.2, 0.25) is 0 Å². The molecular weight excluding hydrogens is 222 g/mol. The van der Waals surface area contributed by atoms with Gasteiger partial charge in [-0.25, -0.2) is 0 Å². The largest absolute Gasteiger partial charge is 0.327 e. The molecule has 0 saturated heterocycles. The normalized spacial score (nSPS) is 15.6. The molecule has 0 aliphatic carbocycles. The minimum Gasteiger partial charge on any atom is -0.327 e. The van der Waals surface area contributed by atoms with E-state index in [4.69, 9.17) is 5.73 Å². The maximum Gasteiger partial charge on any atom is 0.0442 e. The van der Waals surface area contributed by atoms with Gasteiger partial charge in [-0.2, -0.15) is 0 Å². The van der Waals surface area contributed by atoms with Crippen LogP contribution in [0.1, 0.15) is 18.9 Å². The maximum atomic E-state index is 6.29. The lowest BCUT2D eigenvalue weighted by molar-refractivity contribution is 0.438. The molecule has 96 valence electrons. The molecule has 2 unspecified atom stereocenters. The Morgan fingerprint density at radius 1 is 1.12 bits per heavy atom. The van der Waals surface area contributed by atoms with Gasteiger partial charge in [-0.05, 0) is 17.9 Å². The van der Waals surface area contributed by atoms with Crippen molar-refractivity contribution in [1.82, 2.24) is 0 Å². The molecule has 0 heterocycles. The molecule has 1 aromatic carbocycles. The Hall–Kier alpha value is -0.603. The summed E-state index contributed by atoms with van der Waals surface area (Å²) in [6.45, 7) is 9.60. The lowest BCUT2D eigenvalue weighted by Crippen LogP contribution is -2.32. The fourth-order valence-corrected chi connectivity index (χ4v) is 3.28. The highest BCUT2D eigenvalue weighted by Gasteiger charge is 2.18. The third kappa shape index (κ3) is 6.04. The number of hydrogen-bond donors (Lipinski definition) is 1. The molecule has 0 fully saturated rings. The molecule has 17 heavy (non-hydrogen) atoms. The van der Waals surface area contributed by atoms with Crippen molar-refractivity contribution >= 4 is 8.07 Å². The molecular formula is C15H27NSi. The number of rotatable bonds is 6. The molecule has 0 spiro atoms. The Labute approximate surface area is 107 Å². The van der Waals surface area contributed by atoms with Gasteiger partial charge in [-0.1, -0.05) is 69.4 Å². The highest BCUT2D eigenvalue weighted by atomic mass is 28.3. The molecule has 0 bridgehead atoms. The highest BCUT2D eigenvalue weighted by molar-refractivity contribution is 6.76. The SMILES string of the molecule is CC(CC[Si](C)(C)C)C(N)Cc1ccccc1. The summed E-state index contributed by atoms with van der Waals surface area (Å²) in [5.41, 5.74) is 7.65. The number of hydrogen-bond acceptors (Lipinski definition) is 1. The Morgan fingerprint density at radius 2 is 1.71 bits per heavy atom. The van der Waals surface area contributed by atoms with E-state index in [1.165, 1.54) is 18.0 Å². The summed E-state index contributed by atoms with van der Waals surface area (Å²) in [6.07, 6.45) is 2.29. The first-order valence-corrected chi connectivity index (χ1v) is 10.4. The van der Waals surface area contributed by atoms with Gasteiger partial charge in [-0.3, -0.25) is 0 Å². The van der Waals surface area contributed by atoms with Crippen molar-refractivity contribution in [3.05, 3.63) is 35.9 Å². The lowest BCUT2D eigenvalue weighted by Gasteiger charge is -2.23. The van der Waals surface area contributed by atoms with E-state index in [0.29, 0.717) is 12.0 Å². The molecule has 0 saturated carbocycles. The van der Waals surface area contributed by atoms with Crippen molar-refractivity contribution in [3.8, 4) is 0 Å². The fraction of sp³-hybridized carbons (Fsp3) is 0.600. The Kier molecular flexibility index (Phi) is 5.41. The van der Waals surface area contributed by atoms with E-state index in [2.05, 4.69) is 56.9 Å². The molecule has 1 nitrogen and oxygen atoms in total. The van der Waals surface area contributed by atoms with Gasteiger partial charge in [0.15, 0.2) is 0 Å². The van der Waals surface area contributed by atoms with Gasteiger partial charge in [0.1, 0.15) is 0 Å². The zero-order chi connectivity index (χ0) is 12.9. The van der Waals surface area contributed by atoms with E-state index in [9.17, 15) is 0 Å². The second-order valence-corrected chi connectivity index (χ2v) is 12.1. The van der Waals surface area contributed by atoms with E-state index in [1.54, 1.807) is 0 Å². The van der Waals surface area contributed by atoms with Crippen LogP contribution in [0.3, 0.4) is 0 Å². The molecule has 0 aliphatic heterocycles. The number of benzene rings is 1. The Morgan fingerprint density at radius 3 is 2.24 bits per heavy atom. The van der Waals surface area contributed by atoms with Gasteiger partial charge in [0.25, 0.3) is 0 Å². The minimum atomic E-state index is -0.913. The van der Waals surface area contributed by atoms with Crippen LogP contribution in [0.15, 0.2) is 30.3 Å². The second kappa shape index (κ2) is 6.36. The van der Waals surface area contributed by atoms with Crippen LogP contribution < -0.4 is 5.73 Å². The molecule has 0 amide bonds. The number of nitrogens with two attached hydrogens (primary N) is 1. The molecule has 0 radical (unpaired) electrons. The smallest absolute Gasteiger partial charge is 0.0442 e. The first-order valence-electron chi connectivity index (χ1n) is 6.68. The van der Waals surface area contributed by atoms with Crippen LogP contribution in [0.5, 0.6) is 0 Å². The second-order valence-electron chi connectivity index (χ2n) is 6.43. The predicted molar refractivity (Wildman–Crippen MR) is 80.1 cm³/mol. The van der Waals surface area contributed by atoms with Crippen LogP contribution in [0.4, 0.5) is 0 Å². The zero-order valence-corrected chi connectivity index (χ0v) is 12.7. The average Bonchev–Trinajstić information content (AvgIpc) is 2.26. The van der Waals surface area contributed by atoms with E-state index in [-0.39, 0.29) is 0 Å². The standard InChI is InChI=1S/C15H27NSi/c1-13(10-11-17(2,3)4)15(16)12-14-8-6-5-7-9-14/h5-9,13,15H,10-12,16H2,1-4H3. The Balaban J connectivity index is 2.40. The predicted octanol–water partition coefficient (Wildman–Crippen LogP) is 3.92. The van der Waals surface area contributed by atoms with Crippen molar-refractivity contribution in [2.24, 2.45) is 11.7 Å². The van der Waals surface area contributed by atoms with Crippen LogP contribution in [0.2, 0.25) is 25.7 Å². The van der Waals surface area contributed by atoms with Crippen molar-refractivity contribution in [2.75, 3.05) is 0 Å². The van der Waals surface area contributed by atoms with Crippen molar-refractivity contribution in [2.45, 2.75) is 51.5 Å². The van der Waals surface area contributed by atoms with Crippen molar-refractivity contribution in [1.29, 1.82) is 0 Å². The summed E-state index contributed by atoms with van der Waals surface area (Å²) in [7, 11) is -0.913. The van der Waals surface area contributed by atoms with E-state index in [0.717, 1.165) is 6.42 Å². The van der Waals surface area contributed by atoms with Crippen molar-refractivity contribution < 1.29 is 0 Å². The Bertz CT molecular complexity index is 315. The van der Waals surface area contributed by atoms with Crippen molar-refractivity contribution in [3.63, 3.8) is 0 Å². The van der Waals surface area contributed by atoms with Crippen LogP contribution in [-0.4, -0.2) is 14.1 Å². The average molecular weight is 249 g/mol. The third-order valence-corrected chi connectivity index (χ3v) is 5.18. The highest BCUT2D eigenvalue weighted by Crippen LogP contribution is 2.19. The van der Waals surface area contributed by atoms with Gasteiger partial charge >= 0.3 is 0 Å². The van der Waals surface area contributed by atoms with E-state index < -0.39 is 8.07 Å². The molecule has 1 aromatic rings. The molecule has 2 heteroatoms. The lowest BCUT2D eigenvalue weighted by atomic mass is 9.94. The van der Waals surface area contributed by atoms with Crippen LogP contribution in [-0.2, 0) is 6.42 Å². The topological polar surface area (TPSA) is 26.0 Å². The van der Waals surface area contributed by atoms with E-state index >= 15 is 0 Å². The molecule has 0 aliphatic rings. The molecule has 1 rings (SSSR count). The summed E-state index contributed by atoms with van der Waals surface area (Å²) in [5.74, 6) is 0.627. The summed E-state index contributed by atoms with van der Waals surface area (Å²) in [4.78, 5) is 0. The summed E-state index contributed by atoms with van der Waals surface area (Å²) >= 11 is 0. The quantitative estimate of drug-likeness (QED) is 0.760. The zero-order valence-electron chi connectivity index (χ0n) is 11.7.